The van der Waals surface area contributed by atoms with Crippen LogP contribution in [0.3, 0.4) is 0 Å². The molecule has 1 aliphatic rings. The van der Waals surface area contributed by atoms with E-state index in [1.54, 1.807) is 36.2 Å². The summed E-state index contributed by atoms with van der Waals surface area (Å²) in [6.07, 6.45) is 0. The van der Waals surface area contributed by atoms with E-state index in [2.05, 4.69) is 0 Å². The van der Waals surface area contributed by atoms with Crippen molar-refractivity contribution in [1.29, 1.82) is 0 Å². The molecule has 1 fully saturated rings. The van der Waals surface area contributed by atoms with E-state index in [4.69, 9.17) is 10.5 Å². The molecule has 5 heteroatoms. The van der Waals surface area contributed by atoms with Gasteiger partial charge in [0.1, 0.15) is 5.75 Å². The van der Waals surface area contributed by atoms with Gasteiger partial charge in [0.15, 0.2) is 0 Å². The lowest BCUT2D eigenvalue weighted by Crippen LogP contribution is -2.42. The maximum Gasteiger partial charge on any atom is 0.233 e. The highest BCUT2D eigenvalue weighted by Crippen LogP contribution is 2.21. The van der Waals surface area contributed by atoms with E-state index in [0.29, 0.717) is 13.2 Å². The van der Waals surface area contributed by atoms with Gasteiger partial charge in [-0.3, -0.25) is 4.79 Å². The van der Waals surface area contributed by atoms with Gasteiger partial charge in [-0.25, -0.2) is 0 Å². The fourth-order valence-electron chi connectivity index (χ4n) is 1.88. The van der Waals surface area contributed by atoms with Crippen molar-refractivity contribution in [2.75, 3.05) is 25.2 Å². The molecule has 1 aromatic carbocycles. The van der Waals surface area contributed by atoms with Crippen LogP contribution in [0.4, 0.5) is 5.69 Å². The summed E-state index contributed by atoms with van der Waals surface area (Å²) in [7, 11) is 1.69. The Balaban J connectivity index is 2.11. The van der Waals surface area contributed by atoms with Crippen LogP contribution in [0, 0.1) is 5.92 Å². The van der Waals surface area contributed by atoms with E-state index >= 15 is 0 Å². The lowest BCUT2D eigenvalue weighted by molar-refractivity contribution is -0.122. The summed E-state index contributed by atoms with van der Waals surface area (Å²) < 4.78 is 5.18. The fraction of sp³-hybridized carbons (Fsp3) is 0.417. The summed E-state index contributed by atoms with van der Waals surface area (Å²) in [5.74, 6) is -0.162. The minimum absolute atomic E-state index is 0.0549. The first-order valence-electron chi connectivity index (χ1n) is 5.49. The van der Waals surface area contributed by atoms with Crippen LogP contribution >= 0.6 is 0 Å². The number of benzene rings is 1. The van der Waals surface area contributed by atoms with E-state index < -0.39 is 0 Å². The number of hydrogen-bond donors (Lipinski definition) is 2. The second kappa shape index (κ2) is 4.73. The number of nitrogens with two attached hydrogens (primary N) is 1. The predicted octanol–water partition coefficient (Wildman–Crippen LogP) is 0.329. The number of carbonyl (C=O) groups is 1. The minimum Gasteiger partial charge on any atom is -0.508 e. The largest absolute Gasteiger partial charge is 0.508 e. The number of anilines is 1. The van der Waals surface area contributed by atoms with Crippen molar-refractivity contribution in [2.24, 2.45) is 11.7 Å². The van der Waals surface area contributed by atoms with E-state index in [1.807, 2.05) is 0 Å². The van der Waals surface area contributed by atoms with Crippen LogP contribution < -0.4 is 10.6 Å². The molecule has 0 radical (unpaired) electrons. The highest BCUT2D eigenvalue weighted by atomic mass is 16.5. The standard InChI is InChI=1S/C12H16N2O3/c1-14(8-2-4-9(15)5-3-8)12(16)10-6-17-7-11(10)13/h2-5,10-11,15H,6-7,13H2,1H3. The predicted molar refractivity (Wildman–Crippen MR) is 63.8 cm³/mol. The van der Waals surface area contributed by atoms with Crippen LogP contribution in [0.15, 0.2) is 24.3 Å². The van der Waals surface area contributed by atoms with Crippen molar-refractivity contribution in [3.05, 3.63) is 24.3 Å². The van der Waals surface area contributed by atoms with Crippen LogP contribution in [0.5, 0.6) is 5.75 Å². The number of ether oxygens (including phenoxy) is 1. The molecule has 92 valence electrons. The maximum absolute atomic E-state index is 12.1. The second-order valence-corrected chi connectivity index (χ2v) is 4.22. The van der Waals surface area contributed by atoms with Gasteiger partial charge in [-0.2, -0.15) is 0 Å². The lowest BCUT2D eigenvalue weighted by Gasteiger charge is -2.22. The highest BCUT2D eigenvalue weighted by Gasteiger charge is 2.33. The first-order chi connectivity index (χ1) is 8.09. The number of rotatable bonds is 2. The average molecular weight is 236 g/mol. The normalized spacial score (nSPS) is 23.6. The quantitative estimate of drug-likeness (QED) is 0.775. The van der Waals surface area contributed by atoms with Crippen molar-refractivity contribution in [3.63, 3.8) is 0 Å². The van der Waals surface area contributed by atoms with E-state index in [1.165, 1.54) is 0 Å². The Hall–Kier alpha value is -1.59. The minimum atomic E-state index is -0.284. The monoisotopic (exact) mass is 236 g/mol. The average Bonchev–Trinajstić information content (AvgIpc) is 2.74. The Morgan fingerprint density at radius 3 is 2.59 bits per heavy atom. The van der Waals surface area contributed by atoms with Gasteiger partial charge in [0.2, 0.25) is 5.91 Å². The molecule has 1 amide bonds. The molecule has 3 N–H and O–H groups in total. The van der Waals surface area contributed by atoms with Crippen LogP contribution in [-0.2, 0) is 9.53 Å². The molecule has 1 aliphatic heterocycles. The summed E-state index contributed by atoms with van der Waals surface area (Å²) in [4.78, 5) is 13.7. The zero-order chi connectivity index (χ0) is 12.4. The maximum atomic E-state index is 12.1. The third kappa shape index (κ3) is 2.40. The topological polar surface area (TPSA) is 75.8 Å². The molecule has 0 saturated carbocycles. The first kappa shape index (κ1) is 11.9. The molecule has 1 saturated heterocycles. The summed E-state index contributed by atoms with van der Waals surface area (Å²) in [5, 5.41) is 9.19. The zero-order valence-electron chi connectivity index (χ0n) is 9.67. The molecule has 0 bridgehead atoms. The molecule has 2 unspecified atom stereocenters. The van der Waals surface area contributed by atoms with Gasteiger partial charge in [-0.1, -0.05) is 0 Å². The molecular formula is C12H16N2O3. The molecule has 2 rings (SSSR count). The summed E-state index contributed by atoms with van der Waals surface area (Å²) in [6, 6.07) is 6.24. The van der Waals surface area contributed by atoms with Crippen molar-refractivity contribution in [2.45, 2.75) is 6.04 Å². The number of carbonyl (C=O) groups excluding carboxylic acids is 1. The summed E-state index contributed by atoms with van der Waals surface area (Å²) in [5.41, 5.74) is 6.54. The Labute approximate surface area is 99.8 Å². The molecule has 1 aromatic rings. The Kier molecular flexibility index (Phi) is 3.31. The third-order valence-corrected chi connectivity index (χ3v) is 3.01. The SMILES string of the molecule is CN(C(=O)C1COCC1N)c1ccc(O)cc1. The fourth-order valence-corrected chi connectivity index (χ4v) is 1.88. The van der Waals surface area contributed by atoms with E-state index in [-0.39, 0.29) is 23.6 Å². The molecule has 17 heavy (non-hydrogen) atoms. The molecular weight excluding hydrogens is 220 g/mol. The highest BCUT2D eigenvalue weighted by molar-refractivity contribution is 5.95. The smallest absolute Gasteiger partial charge is 0.233 e. The van der Waals surface area contributed by atoms with E-state index in [9.17, 15) is 9.90 Å². The number of phenolic OH excluding ortho intramolecular Hbond substituents is 1. The Morgan fingerprint density at radius 2 is 2.06 bits per heavy atom. The summed E-state index contributed by atoms with van der Waals surface area (Å²) >= 11 is 0. The molecule has 2 atom stereocenters. The van der Waals surface area contributed by atoms with Crippen LogP contribution in [0.25, 0.3) is 0 Å². The number of phenols is 1. The first-order valence-corrected chi connectivity index (χ1v) is 5.49. The zero-order valence-corrected chi connectivity index (χ0v) is 9.67. The number of nitrogens with zero attached hydrogens (tertiary/aromatic N) is 1. The molecule has 1 heterocycles. The molecule has 5 nitrogen and oxygen atoms in total. The van der Waals surface area contributed by atoms with Crippen LogP contribution in [0.1, 0.15) is 0 Å². The summed E-state index contributed by atoms with van der Waals surface area (Å²) in [6.45, 7) is 0.808. The van der Waals surface area contributed by atoms with Crippen molar-refractivity contribution in [1.82, 2.24) is 0 Å². The van der Waals surface area contributed by atoms with Gasteiger partial charge >= 0.3 is 0 Å². The molecule has 0 spiro atoms. The van der Waals surface area contributed by atoms with Crippen LogP contribution in [-0.4, -0.2) is 37.3 Å². The Morgan fingerprint density at radius 1 is 1.41 bits per heavy atom. The molecule has 0 aliphatic carbocycles. The Bertz CT molecular complexity index is 405. The van der Waals surface area contributed by atoms with Crippen molar-refractivity contribution in [3.8, 4) is 5.75 Å². The van der Waals surface area contributed by atoms with Crippen molar-refractivity contribution < 1.29 is 14.6 Å². The lowest BCUT2D eigenvalue weighted by atomic mass is 10.0. The third-order valence-electron chi connectivity index (χ3n) is 3.01. The van der Waals surface area contributed by atoms with Crippen LogP contribution in [0.2, 0.25) is 0 Å². The van der Waals surface area contributed by atoms with Gasteiger partial charge in [0, 0.05) is 18.8 Å². The van der Waals surface area contributed by atoms with Gasteiger partial charge < -0.3 is 20.5 Å². The van der Waals surface area contributed by atoms with E-state index in [0.717, 1.165) is 5.69 Å². The van der Waals surface area contributed by atoms with Gasteiger partial charge in [0.25, 0.3) is 0 Å². The van der Waals surface area contributed by atoms with Gasteiger partial charge in [-0.15, -0.1) is 0 Å². The van der Waals surface area contributed by atoms with Gasteiger partial charge in [0.05, 0.1) is 19.1 Å². The second-order valence-electron chi connectivity index (χ2n) is 4.22. The molecule has 0 aromatic heterocycles. The number of amides is 1. The van der Waals surface area contributed by atoms with Crippen molar-refractivity contribution >= 4 is 11.6 Å². The number of aromatic hydroxyl groups is 1. The van der Waals surface area contributed by atoms with Gasteiger partial charge in [-0.05, 0) is 24.3 Å². The number of hydrogen-bond acceptors (Lipinski definition) is 4.